The Morgan fingerprint density at radius 1 is 1.20 bits per heavy atom. The highest BCUT2D eigenvalue weighted by atomic mass is 32.1. The minimum absolute atomic E-state index is 0.146. The molecule has 2 N–H and O–H groups in total. The fourth-order valence-electron chi connectivity index (χ4n) is 3.57. The zero-order valence-electron chi connectivity index (χ0n) is 19.2. The fourth-order valence-corrected chi connectivity index (χ4v) is 4.51. The van der Waals surface area contributed by atoms with Gasteiger partial charge in [-0.2, -0.15) is 13.2 Å². The number of hydrogen-bond donors (Lipinski definition) is 2. The van der Waals surface area contributed by atoms with Crippen molar-refractivity contribution < 1.29 is 36.7 Å². The Balaban J connectivity index is 1.78. The van der Waals surface area contributed by atoms with E-state index >= 15 is 0 Å². The summed E-state index contributed by atoms with van der Waals surface area (Å²) in [6.07, 6.45) is -3.45. The van der Waals surface area contributed by atoms with Crippen LogP contribution in [0.2, 0.25) is 0 Å². The third kappa shape index (κ3) is 6.14. The number of amides is 3. The molecule has 8 nitrogen and oxygen atoms in total. The van der Waals surface area contributed by atoms with Crippen molar-refractivity contribution in [3.63, 3.8) is 0 Å². The zero-order chi connectivity index (χ0) is 26.0. The number of carbonyl (C=O) groups is 3. The van der Waals surface area contributed by atoms with Gasteiger partial charge in [-0.3, -0.25) is 14.9 Å². The van der Waals surface area contributed by atoms with Crippen molar-refractivity contribution in [2.75, 3.05) is 25.6 Å². The number of anilines is 1. The summed E-state index contributed by atoms with van der Waals surface area (Å²) < 4.78 is 58.9. The number of hydrogen-bond acceptors (Lipinski definition) is 6. The summed E-state index contributed by atoms with van der Waals surface area (Å²) in [4.78, 5) is 42.4. The topological polar surface area (TPSA) is 101 Å². The summed E-state index contributed by atoms with van der Waals surface area (Å²) in [5, 5.41) is 4.38. The van der Waals surface area contributed by atoms with Crippen LogP contribution in [0.25, 0.3) is 0 Å². The monoisotopic (exact) mass is 516 g/mol. The van der Waals surface area contributed by atoms with E-state index in [2.05, 4.69) is 15.6 Å². The summed E-state index contributed by atoms with van der Waals surface area (Å²) in [6, 6.07) is 3.37. The number of methoxy groups -OCH3 is 1. The van der Waals surface area contributed by atoms with Crippen LogP contribution in [0.4, 0.5) is 27.5 Å². The molecule has 1 aliphatic heterocycles. The highest BCUT2D eigenvalue weighted by Gasteiger charge is 2.41. The predicted octanol–water partition coefficient (Wildman–Crippen LogP) is 4.07. The third-order valence-electron chi connectivity index (χ3n) is 5.41. The van der Waals surface area contributed by atoms with Gasteiger partial charge in [-0.25, -0.2) is 14.2 Å². The molecule has 13 heteroatoms. The number of likely N-dealkylation sites (tertiary alicyclic amines) is 1. The van der Waals surface area contributed by atoms with E-state index in [0.717, 1.165) is 37.1 Å². The first-order valence-electron chi connectivity index (χ1n) is 10.6. The average molecular weight is 517 g/mol. The van der Waals surface area contributed by atoms with Gasteiger partial charge in [0.2, 0.25) is 5.78 Å². The van der Waals surface area contributed by atoms with Crippen LogP contribution in [0, 0.1) is 5.82 Å². The first-order chi connectivity index (χ1) is 16.3. The van der Waals surface area contributed by atoms with Crippen LogP contribution in [0.3, 0.4) is 0 Å². The van der Waals surface area contributed by atoms with Crippen LogP contribution in [-0.4, -0.2) is 59.4 Å². The average Bonchev–Trinajstić information content (AvgIpc) is 3.41. The molecule has 0 saturated carbocycles. The molecule has 1 aliphatic rings. The number of aromatic nitrogens is 1. The number of alkyl halides is 3. The molecule has 0 bridgehead atoms. The lowest BCUT2D eigenvalue weighted by atomic mass is 10.1. The van der Waals surface area contributed by atoms with Gasteiger partial charge in [0.15, 0.2) is 10.8 Å². The molecule has 0 spiro atoms. The van der Waals surface area contributed by atoms with Crippen LogP contribution in [0.15, 0.2) is 24.3 Å². The minimum Gasteiger partial charge on any atom is -0.383 e. The number of nitrogens with one attached hydrogen (secondary N) is 2. The van der Waals surface area contributed by atoms with Gasteiger partial charge in [-0.1, -0.05) is 11.3 Å². The van der Waals surface area contributed by atoms with E-state index in [9.17, 15) is 31.9 Å². The Bertz CT molecular complexity index is 1100. The molecule has 1 aromatic carbocycles. The van der Waals surface area contributed by atoms with Crippen LogP contribution < -0.4 is 10.6 Å². The SMILES string of the molecule is COCC1CCCN1C(=O)NC(C)(C)C(=O)Nc1nc(C(F)(F)F)c(C(=O)c2ccc(F)cc2)s1. The number of rotatable bonds is 7. The Morgan fingerprint density at radius 2 is 1.86 bits per heavy atom. The molecule has 0 aliphatic carbocycles. The van der Waals surface area contributed by atoms with E-state index in [4.69, 9.17) is 4.74 Å². The molecule has 3 rings (SSSR count). The number of ether oxygens (including phenoxy) is 1. The van der Waals surface area contributed by atoms with E-state index in [-0.39, 0.29) is 11.6 Å². The number of benzene rings is 1. The van der Waals surface area contributed by atoms with Gasteiger partial charge in [0.05, 0.1) is 12.6 Å². The van der Waals surface area contributed by atoms with Crippen LogP contribution in [-0.2, 0) is 15.7 Å². The molecule has 1 saturated heterocycles. The molecule has 2 heterocycles. The highest BCUT2D eigenvalue weighted by molar-refractivity contribution is 7.18. The van der Waals surface area contributed by atoms with E-state index in [1.165, 1.54) is 21.0 Å². The van der Waals surface area contributed by atoms with E-state index in [0.29, 0.717) is 24.5 Å². The van der Waals surface area contributed by atoms with Gasteiger partial charge in [-0.05, 0) is 51.0 Å². The second-order valence-corrected chi connectivity index (χ2v) is 9.48. The van der Waals surface area contributed by atoms with Crippen molar-refractivity contribution in [2.24, 2.45) is 0 Å². The molecule has 1 unspecified atom stereocenters. The smallest absolute Gasteiger partial charge is 0.383 e. The molecule has 0 radical (unpaired) electrons. The van der Waals surface area contributed by atoms with E-state index in [1.54, 1.807) is 4.90 Å². The number of nitrogens with zero attached hydrogens (tertiary/aromatic N) is 2. The van der Waals surface area contributed by atoms with Crippen LogP contribution in [0.1, 0.15) is 47.6 Å². The van der Waals surface area contributed by atoms with Crippen molar-refractivity contribution in [1.82, 2.24) is 15.2 Å². The number of urea groups is 1. The Labute approximate surface area is 202 Å². The number of thiazole rings is 1. The first kappa shape index (κ1) is 26.5. The van der Waals surface area contributed by atoms with E-state index < -0.39 is 51.0 Å². The Kier molecular flexibility index (Phi) is 7.80. The molecular formula is C22H24F4N4O4S. The van der Waals surface area contributed by atoms with Gasteiger partial charge in [0, 0.05) is 19.2 Å². The van der Waals surface area contributed by atoms with Gasteiger partial charge in [-0.15, -0.1) is 0 Å². The summed E-state index contributed by atoms with van der Waals surface area (Å²) in [5.74, 6) is -2.49. The van der Waals surface area contributed by atoms with Crippen molar-refractivity contribution in [1.29, 1.82) is 0 Å². The maximum atomic E-state index is 13.6. The summed E-state index contributed by atoms with van der Waals surface area (Å²) in [5.41, 5.74) is -3.14. The second kappa shape index (κ2) is 10.3. The number of ketones is 1. The molecular weight excluding hydrogens is 492 g/mol. The molecule has 2 aromatic rings. The molecule has 1 atom stereocenters. The van der Waals surface area contributed by atoms with E-state index in [1.807, 2.05) is 0 Å². The predicted molar refractivity (Wildman–Crippen MR) is 120 cm³/mol. The Hall–Kier alpha value is -3.06. The summed E-state index contributed by atoms with van der Waals surface area (Å²) >= 11 is 0.343. The molecule has 190 valence electrons. The number of carbonyl (C=O) groups excluding carboxylic acids is 3. The molecule has 1 fully saturated rings. The largest absolute Gasteiger partial charge is 0.435 e. The summed E-state index contributed by atoms with van der Waals surface area (Å²) in [7, 11) is 1.52. The van der Waals surface area contributed by atoms with Gasteiger partial charge in [0.1, 0.15) is 16.2 Å². The van der Waals surface area contributed by atoms with Crippen LogP contribution >= 0.6 is 11.3 Å². The van der Waals surface area contributed by atoms with Crippen LogP contribution in [0.5, 0.6) is 0 Å². The first-order valence-corrected chi connectivity index (χ1v) is 11.4. The lowest BCUT2D eigenvalue weighted by Crippen LogP contribution is -2.57. The van der Waals surface area contributed by atoms with Crippen molar-refractivity contribution in [2.45, 2.75) is 44.4 Å². The second-order valence-electron chi connectivity index (χ2n) is 8.48. The maximum absolute atomic E-state index is 13.6. The minimum atomic E-state index is -4.97. The Morgan fingerprint density at radius 3 is 2.46 bits per heavy atom. The lowest BCUT2D eigenvalue weighted by molar-refractivity contribution is -0.141. The molecule has 35 heavy (non-hydrogen) atoms. The zero-order valence-corrected chi connectivity index (χ0v) is 20.0. The normalized spacial score (nSPS) is 16.3. The van der Waals surface area contributed by atoms with Crippen molar-refractivity contribution in [3.8, 4) is 0 Å². The summed E-state index contributed by atoms with van der Waals surface area (Å²) in [6.45, 7) is 3.60. The standard InChI is InChI=1S/C22H24F4N4O4S/c1-21(2,29-20(33)30-10-4-5-14(30)11-34-3)18(32)28-19-27-17(22(24,25)26)16(35-19)15(31)12-6-8-13(23)9-7-12/h6-9,14H,4-5,10-11H2,1-3H3,(H,29,33)(H,27,28,32). The maximum Gasteiger partial charge on any atom is 0.435 e. The number of halogens is 4. The van der Waals surface area contributed by atoms with Gasteiger partial charge in [0.25, 0.3) is 5.91 Å². The molecule has 1 aromatic heterocycles. The van der Waals surface area contributed by atoms with Crippen molar-refractivity contribution in [3.05, 3.63) is 46.2 Å². The quantitative estimate of drug-likeness (QED) is 0.427. The van der Waals surface area contributed by atoms with Gasteiger partial charge >= 0.3 is 12.2 Å². The lowest BCUT2D eigenvalue weighted by Gasteiger charge is -2.30. The fraction of sp³-hybridized carbons (Fsp3) is 0.455. The third-order valence-corrected chi connectivity index (χ3v) is 6.38. The van der Waals surface area contributed by atoms with Crippen molar-refractivity contribution >= 4 is 34.2 Å². The highest BCUT2D eigenvalue weighted by Crippen LogP contribution is 2.37. The molecule has 3 amide bonds. The van der Waals surface area contributed by atoms with Gasteiger partial charge < -0.3 is 15.0 Å².